The van der Waals surface area contributed by atoms with Gasteiger partial charge in [-0.05, 0) is 49.4 Å². The van der Waals surface area contributed by atoms with Crippen LogP contribution in [0.4, 0.5) is 0 Å². The highest BCUT2D eigenvalue weighted by Gasteiger charge is 2.40. The van der Waals surface area contributed by atoms with Gasteiger partial charge in [0.1, 0.15) is 0 Å². The number of fused-ring (bicyclic) bond motifs is 1. The Balaban J connectivity index is 1.38. The number of carbonyl (C=O) groups excluding carboxylic acids is 3. The summed E-state index contributed by atoms with van der Waals surface area (Å²) in [4.78, 5) is 40.1. The zero-order valence-electron chi connectivity index (χ0n) is 17.4. The van der Waals surface area contributed by atoms with Gasteiger partial charge in [0.15, 0.2) is 0 Å². The molecule has 31 heavy (non-hydrogen) atoms. The van der Waals surface area contributed by atoms with Crippen molar-refractivity contribution in [3.05, 3.63) is 70.8 Å². The lowest BCUT2D eigenvalue weighted by Gasteiger charge is -2.31. The Morgan fingerprint density at radius 1 is 1.00 bits per heavy atom. The molecule has 6 heteroatoms. The summed E-state index contributed by atoms with van der Waals surface area (Å²) < 4.78 is 5.59. The van der Waals surface area contributed by atoms with Gasteiger partial charge in [-0.2, -0.15) is 0 Å². The van der Waals surface area contributed by atoms with Crippen molar-refractivity contribution in [2.75, 3.05) is 13.2 Å². The zero-order valence-corrected chi connectivity index (χ0v) is 17.4. The Morgan fingerprint density at radius 2 is 1.74 bits per heavy atom. The molecule has 1 saturated carbocycles. The minimum atomic E-state index is -0.386. The minimum Gasteiger partial charge on any atom is -0.376 e. The Bertz CT molecular complexity index is 1020. The summed E-state index contributed by atoms with van der Waals surface area (Å²) in [5.74, 6) is -0.867. The molecule has 5 rings (SSSR count). The second-order valence-corrected chi connectivity index (χ2v) is 8.73. The Hall–Kier alpha value is -2.99. The molecule has 0 radical (unpaired) electrons. The normalized spacial score (nSPS) is 22.1. The molecule has 2 aliphatic heterocycles. The average molecular weight is 418 g/mol. The van der Waals surface area contributed by atoms with Gasteiger partial charge in [0.25, 0.3) is 17.7 Å². The van der Waals surface area contributed by atoms with Crippen molar-refractivity contribution in [3.8, 4) is 0 Å². The van der Waals surface area contributed by atoms with E-state index < -0.39 is 0 Å². The van der Waals surface area contributed by atoms with E-state index in [-0.39, 0.29) is 35.9 Å². The molecule has 0 aromatic heterocycles. The van der Waals surface area contributed by atoms with E-state index in [1.54, 1.807) is 18.2 Å². The second-order valence-electron chi connectivity index (χ2n) is 8.73. The van der Waals surface area contributed by atoms with Gasteiger partial charge in [-0.1, -0.05) is 43.2 Å². The number of hydrogen-bond acceptors (Lipinski definition) is 4. The molecule has 1 unspecified atom stereocenters. The SMILES string of the molecule is O=C(NC1(c2ccccc2)CCCC1)c1ccc2c(c1)C(=O)N(CC1CCCO1)C2=O. The highest BCUT2D eigenvalue weighted by atomic mass is 16.5. The Kier molecular flexibility index (Phi) is 5.10. The molecule has 6 nitrogen and oxygen atoms in total. The molecular formula is C25H26N2O4. The molecule has 3 amide bonds. The molecule has 2 heterocycles. The van der Waals surface area contributed by atoms with Crippen molar-refractivity contribution in [3.63, 3.8) is 0 Å². The number of nitrogens with one attached hydrogen (secondary N) is 1. The predicted molar refractivity (Wildman–Crippen MR) is 115 cm³/mol. The van der Waals surface area contributed by atoms with Gasteiger partial charge in [0.2, 0.25) is 0 Å². The number of amides is 3. The van der Waals surface area contributed by atoms with Gasteiger partial charge in [-0.15, -0.1) is 0 Å². The molecule has 2 fully saturated rings. The number of imide groups is 1. The number of nitrogens with zero attached hydrogens (tertiary/aromatic N) is 1. The van der Waals surface area contributed by atoms with E-state index in [4.69, 9.17) is 4.74 Å². The van der Waals surface area contributed by atoms with Crippen molar-refractivity contribution in [1.29, 1.82) is 0 Å². The first-order valence-electron chi connectivity index (χ1n) is 11.1. The molecular weight excluding hydrogens is 392 g/mol. The van der Waals surface area contributed by atoms with Gasteiger partial charge < -0.3 is 10.1 Å². The van der Waals surface area contributed by atoms with Crippen LogP contribution in [0.2, 0.25) is 0 Å². The molecule has 1 N–H and O–H groups in total. The zero-order chi connectivity index (χ0) is 21.4. The van der Waals surface area contributed by atoms with Crippen LogP contribution in [-0.4, -0.2) is 41.9 Å². The fourth-order valence-electron chi connectivity index (χ4n) is 5.10. The van der Waals surface area contributed by atoms with Crippen LogP contribution in [0.1, 0.15) is 75.2 Å². The van der Waals surface area contributed by atoms with E-state index in [1.807, 2.05) is 18.2 Å². The van der Waals surface area contributed by atoms with Crippen LogP contribution in [0.3, 0.4) is 0 Å². The van der Waals surface area contributed by atoms with E-state index in [0.29, 0.717) is 23.3 Å². The largest absolute Gasteiger partial charge is 0.376 e. The van der Waals surface area contributed by atoms with Crippen molar-refractivity contribution < 1.29 is 19.1 Å². The molecule has 2 aromatic carbocycles. The number of benzene rings is 2. The van der Waals surface area contributed by atoms with Crippen molar-refractivity contribution in [1.82, 2.24) is 10.2 Å². The van der Waals surface area contributed by atoms with Gasteiger partial charge in [-0.25, -0.2) is 0 Å². The summed E-state index contributed by atoms with van der Waals surface area (Å²) in [6.45, 7) is 0.937. The topological polar surface area (TPSA) is 75.7 Å². The third-order valence-corrected chi connectivity index (χ3v) is 6.78. The lowest BCUT2D eigenvalue weighted by atomic mass is 9.87. The van der Waals surface area contributed by atoms with E-state index >= 15 is 0 Å². The number of hydrogen-bond donors (Lipinski definition) is 1. The van der Waals surface area contributed by atoms with Crippen LogP contribution in [-0.2, 0) is 10.3 Å². The van der Waals surface area contributed by atoms with E-state index in [2.05, 4.69) is 17.4 Å². The lowest BCUT2D eigenvalue weighted by Crippen LogP contribution is -2.43. The first-order valence-corrected chi connectivity index (χ1v) is 11.1. The van der Waals surface area contributed by atoms with Crippen molar-refractivity contribution >= 4 is 17.7 Å². The number of ether oxygens (including phenoxy) is 1. The molecule has 1 saturated heterocycles. The van der Waals surface area contributed by atoms with Crippen LogP contribution in [0.5, 0.6) is 0 Å². The third kappa shape index (κ3) is 3.55. The molecule has 1 aliphatic carbocycles. The van der Waals surface area contributed by atoms with Crippen molar-refractivity contribution in [2.45, 2.75) is 50.2 Å². The second kappa shape index (κ2) is 7.93. The quantitative estimate of drug-likeness (QED) is 0.752. The lowest BCUT2D eigenvalue weighted by molar-refractivity contribution is 0.0475. The summed E-state index contributed by atoms with van der Waals surface area (Å²) in [6, 6.07) is 14.9. The Morgan fingerprint density at radius 3 is 2.45 bits per heavy atom. The maximum Gasteiger partial charge on any atom is 0.261 e. The summed E-state index contributed by atoms with van der Waals surface area (Å²) in [5, 5.41) is 3.24. The van der Waals surface area contributed by atoms with Gasteiger partial charge >= 0.3 is 0 Å². The standard InChI is InChI=1S/C25H26N2O4/c28-22(26-25(12-4-5-13-25)18-7-2-1-3-8-18)17-10-11-20-21(15-17)24(30)27(23(20)29)16-19-9-6-14-31-19/h1-3,7-8,10-11,15,19H,4-6,9,12-14,16H2,(H,26,28). The monoisotopic (exact) mass is 418 g/mol. The van der Waals surface area contributed by atoms with E-state index in [9.17, 15) is 14.4 Å². The van der Waals surface area contributed by atoms with E-state index in [1.165, 1.54) is 4.90 Å². The van der Waals surface area contributed by atoms with Gasteiger partial charge in [-0.3, -0.25) is 19.3 Å². The fourth-order valence-corrected chi connectivity index (χ4v) is 5.10. The molecule has 1 atom stereocenters. The minimum absolute atomic E-state index is 0.0990. The summed E-state index contributed by atoms with van der Waals surface area (Å²) in [5.41, 5.74) is 1.79. The van der Waals surface area contributed by atoms with Gasteiger partial charge in [0, 0.05) is 12.2 Å². The van der Waals surface area contributed by atoms with Crippen LogP contribution in [0.25, 0.3) is 0 Å². The van der Waals surface area contributed by atoms with Crippen LogP contribution >= 0.6 is 0 Å². The maximum atomic E-state index is 13.2. The molecule has 0 spiro atoms. The maximum absolute atomic E-state index is 13.2. The summed E-state index contributed by atoms with van der Waals surface area (Å²) in [7, 11) is 0. The summed E-state index contributed by atoms with van der Waals surface area (Å²) >= 11 is 0. The van der Waals surface area contributed by atoms with Crippen molar-refractivity contribution in [2.24, 2.45) is 0 Å². The number of rotatable bonds is 5. The third-order valence-electron chi connectivity index (χ3n) is 6.78. The van der Waals surface area contributed by atoms with Crippen LogP contribution in [0, 0.1) is 0 Å². The first-order chi connectivity index (χ1) is 15.1. The first kappa shape index (κ1) is 19.9. The Labute approximate surface area is 181 Å². The summed E-state index contributed by atoms with van der Waals surface area (Å²) in [6.07, 6.45) is 5.60. The molecule has 160 valence electrons. The average Bonchev–Trinajstić information content (AvgIpc) is 3.53. The number of carbonyl (C=O) groups is 3. The van der Waals surface area contributed by atoms with Crippen LogP contribution < -0.4 is 5.32 Å². The molecule has 2 aromatic rings. The van der Waals surface area contributed by atoms with Gasteiger partial charge in [0.05, 0.1) is 29.3 Å². The molecule has 3 aliphatic rings. The highest BCUT2D eigenvalue weighted by Crippen LogP contribution is 2.39. The smallest absolute Gasteiger partial charge is 0.261 e. The fraction of sp³-hybridized carbons (Fsp3) is 0.400. The highest BCUT2D eigenvalue weighted by molar-refractivity contribution is 6.22. The van der Waals surface area contributed by atoms with Crippen LogP contribution in [0.15, 0.2) is 48.5 Å². The van der Waals surface area contributed by atoms with E-state index in [0.717, 1.165) is 44.1 Å². The predicted octanol–water partition coefficient (Wildman–Crippen LogP) is 3.66. The molecule has 0 bridgehead atoms.